The van der Waals surface area contributed by atoms with Crippen molar-refractivity contribution in [2.75, 3.05) is 17.5 Å². The van der Waals surface area contributed by atoms with E-state index in [1.165, 1.54) is 12.1 Å². The molecule has 0 heterocycles. The van der Waals surface area contributed by atoms with Crippen molar-refractivity contribution in [2.45, 2.75) is 32.1 Å². The Morgan fingerprint density at radius 1 is 1.07 bits per heavy atom. The first-order valence-electron chi connectivity index (χ1n) is 8.82. The minimum atomic E-state index is -3.27. The molecule has 0 aliphatic carbocycles. The maximum absolute atomic E-state index is 12.9. The number of carbonyl (C=O) groups excluding carboxylic acids is 1. The largest absolute Gasteiger partial charge is 0.356 e. The number of benzene rings is 2. The molecule has 1 atom stereocenters. The molecule has 0 saturated carbocycles. The summed E-state index contributed by atoms with van der Waals surface area (Å²) in [5.74, 6) is -0.282. The van der Waals surface area contributed by atoms with Crippen LogP contribution in [0.2, 0.25) is 0 Å². The summed E-state index contributed by atoms with van der Waals surface area (Å²) in [6.45, 7) is 2.51. The second-order valence-corrected chi connectivity index (χ2v) is 8.43. The van der Waals surface area contributed by atoms with Crippen molar-refractivity contribution in [3.63, 3.8) is 0 Å². The summed E-state index contributed by atoms with van der Waals surface area (Å²) < 4.78 is 37.7. The van der Waals surface area contributed by atoms with Crippen LogP contribution in [0.3, 0.4) is 0 Å². The van der Waals surface area contributed by atoms with Gasteiger partial charge in [0.1, 0.15) is 5.82 Å². The summed E-state index contributed by atoms with van der Waals surface area (Å²) in [7, 11) is -3.27. The fourth-order valence-corrected chi connectivity index (χ4v) is 3.30. The predicted molar refractivity (Wildman–Crippen MR) is 106 cm³/mol. The molecule has 0 aliphatic rings. The third-order valence-corrected chi connectivity index (χ3v) is 4.76. The summed E-state index contributed by atoms with van der Waals surface area (Å²) in [4.78, 5) is 12.0. The number of rotatable bonds is 9. The van der Waals surface area contributed by atoms with Crippen LogP contribution >= 0.6 is 0 Å². The highest BCUT2D eigenvalue weighted by molar-refractivity contribution is 7.92. The van der Waals surface area contributed by atoms with Crippen molar-refractivity contribution >= 4 is 21.6 Å². The van der Waals surface area contributed by atoms with Crippen LogP contribution in [0.25, 0.3) is 0 Å². The van der Waals surface area contributed by atoms with Crippen molar-refractivity contribution in [2.24, 2.45) is 0 Å². The summed E-state index contributed by atoms with van der Waals surface area (Å²) in [6.07, 6.45) is 3.04. The summed E-state index contributed by atoms with van der Waals surface area (Å²) in [5.41, 5.74) is 2.54. The molecule has 2 aromatic carbocycles. The Hall–Kier alpha value is -2.41. The average molecular weight is 392 g/mol. The lowest BCUT2D eigenvalue weighted by molar-refractivity contribution is -0.121. The lowest BCUT2D eigenvalue weighted by atomic mass is 9.97. The molecule has 0 saturated heterocycles. The fourth-order valence-electron chi connectivity index (χ4n) is 2.73. The number of aryl methyl sites for hydroxylation is 1. The normalized spacial score (nSPS) is 12.4. The molecule has 0 aliphatic heterocycles. The van der Waals surface area contributed by atoms with E-state index in [9.17, 15) is 17.6 Å². The molecule has 0 fully saturated rings. The van der Waals surface area contributed by atoms with E-state index < -0.39 is 10.0 Å². The molecular formula is C20H25FN2O3S. The molecule has 146 valence electrons. The van der Waals surface area contributed by atoms with Gasteiger partial charge in [-0.3, -0.25) is 9.52 Å². The number of anilines is 1. The Bertz CT molecular complexity index is 850. The summed E-state index contributed by atoms with van der Waals surface area (Å²) in [6, 6.07) is 13.4. The lowest BCUT2D eigenvalue weighted by Gasteiger charge is -2.12. The first-order valence-corrected chi connectivity index (χ1v) is 10.7. The highest BCUT2D eigenvalue weighted by Crippen LogP contribution is 2.19. The van der Waals surface area contributed by atoms with Gasteiger partial charge in [0.25, 0.3) is 0 Å². The molecule has 1 amide bonds. The van der Waals surface area contributed by atoms with Gasteiger partial charge in [-0.2, -0.15) is 0 Å². The van der Waals surface area contributed by atoms with Crippen LogP contribution in [0.1, 0.15) is 36.8 Å². The van der Waals surface area contributed by atoms with Gasteiger partial charge >= 0.3 is 0 Å². The zero-order chi connectivity index (χ0) is 19.9. The van der Waals surface area contributed by atoms with Gasteiger partial charge in [0.2, 0.25) is 15.9 Å². The Kier molecular flexibility index (Phi) is 7.36. The van der Waals surface area contributed by atoms with Crippen molar-refractivity contribution in [3.05, 3.63) is 65.5 Å². The molecular weight excluding hydrogens is 367 g/mol. The number of carbonyl (C=O) groups is 1. The highest BCUT2D eigenvalue weighted by atomic mass is 32.2. The summed E-state index contributed by atoms with van der Waals surface area (Å²) >= 11 is 0. The SMILES string of the molecule is CC(CC(=O)NCCCc1ccc(NS(C)(=O)=O)cc1)c1ccc(F)cc1. The van der Waals surface area contributed by atoms with Gasteiger partial charge in [0.15, 0.2) is 0 Å². The van der Waals surface area contributed by atoms with Crippen molar-refractivity contribution in [3.8, 4) is 0 Å². The zero-order valence-electron chi connectivity index (χ0n) is 15.5. The maximum Gasteiger partial charge on any atom is 0.229 e. The monoisotopic (exact) mass is 392 g/mol. The number of nitrogens with one attached hydrogen (secondary N) is 2. The third kappa shape index (κ3) is 7.78. The first kappa shape index (κ1) is 20.9. The average Bonchev–Trinajstić information content (AvgIpc) is 2.59. The van der Waals surface area contributed by atoms with E-state index in [1.54, 1.807) is 24.3 Å². The molecule has 0 bridgehead atoms. The standard InChI is InChI=1S/C20H25FN2O3S/c1-15(17-7-9-18(21)10-8-17)14-20(24)22-13-3-4-16-5-11-19(12-6-16)23-27(2,25)26/h5-12,15,23H,3-4,13-14H2,1-2H3,(H,22,24). The van der Waals surface area contributed by atoms with E-state index in [0.29, 0.717) is 18.7 Å². The maximum atomic E-state index is 12.9. The van der Waals surface area contributed by atoms with E-state index in [1.807, 2.05) is 19.1 Å². The van der Waals surface area contributed by atoms with Crippen molar-refractivity contribution < 1.29 is 17.6 Å². The molecule has 2 N–H and O–H groups in total. The van der Waals surface area contributed by atoms with E-state index >= 15 is 0 Å². The van der Waals surface area contributed by atoms with Gasteiger partial charge in [-0.1, -0.05) is 31.2 Å². The smallest absolute Gasteiger partial charge is 0.229 e. The first-order chi connectivity index (χ1) is 12.7. The van der Waals surface area contributed by atoms with Gasteiger partial charge < -0.3 is 5.32 Å². The molecule has 0 aromatic heterocycles. The van der Waals surface area contributed by atoms with Gasteiger partial charge in [-0.25, -0.2) is 12.8 Å². The topological polar surface area (TPSA) is 75.3 Å². The zero-order valence-corrected chi connectivity index (χ0v) is 16.4. The van der Waals surface area contributed by atoms with Crippen LogP contribution in [0.5, 0.6) is 0 Å². The van der Waals surface area contributed by atoms with Crippen LogP contribution in [-0.2, 0) is 21.2 Å². The second-order valence-electron chi connectivity index (χ2n) is 6.68. The second kappa shape index (κ2) is 9.50. The molecule has 5 nitrogen and oxygen atoms in total. The van der Waals surface area contributed by atoms with Crippen molar-refractivity contribution in [1.29, 1.82) is 0 Å². The molecule has 0 spiro atoms. The molecule has 7 heteroatoms. The molecule has 0 radical (unpaired) electrons. The van der Waals surface area contributed by atoms with Gasteiger partial charge in [-0.05, 0) is 54.2 Å². The number of halogens is 1. The quantitative estimate of drug-likeness (QED) is 0.642. The fraction of sp³-hybridized carbons (Fsp3) is 0.350. The van der Waals surface area contributed by atoms with E-state index in [-0.39, 0.29) is 17.6 Å². The third-order valence-electron chi connectivity index (χ3n) is 4.15. The van der Waals surface area contributed by atoms with Gasteiger partial charge in [0, 0.05) is 18.7 Å². The Labute approximate surface area is 160 Å². The Morgan fingerprint density at radius 2 is 1.70 bits per heavy atom. The minimum absolute atomic E-state index is 0.0282. The van der Waals surface area contributed by atoms with Gasteiger partial charge in [-0.15, -0.1) is 0 Å². The van der Waals surface area contributed by atoms with Crippen LogP contribution in [0.15, 0.2) is 48.5 Å². The van der Waals surface area contributed by atoms with Crippen LogP contribution in [-0.4, -0.2) is 27.1 Å². The lowest BCUT2D eigenvalue weighted by Crippen LogP contribution is -2.25. The molecule has 2 rings (SSSR count). The number of sulfonamides is 1. The predicted octanol–water partition coefficient (Wildman–Crippen LogP) is 3.44. The molecule has 2 aromatic rings. The highest BCUT2D eigenvalue weighted by Gasteiger charge is 2.11. The van der Waals surface area contributed by atoms with Gasteiger partial charge in [0.05, 0.1) is 6.26 Å². The van der Waals surface area contributed by atoms with E-state index in [4.69, 9.17) is 0 Å². The summed E-state index contributed by atoms with van der Waals surface area (Å²) in [5, 5.41) is 2.90. The van der Waals surface area contributed by atoms with E-state index in [0.717, 1.165) is 30.2 Å². The van der Waals surface area contributed by atoms with E-state index in [2.05, 4.69) is 10.0 Å². The van der Waals surface area contributed by atoms with Crippen molar-refractivity contribution in [1.82, 2.24) is 5.32 Å². The van der Waals surface area contributed by atoms with Crippen LogP contribution in [0.4, 0.5) is 10.1 Å². The van der Waals surface area contributed by atoms with Crippen LogP contribution in [0, 0.1) is 5.82 Å². The Morgan fingerprint density at radius 3 is 2.30 bits per heavy atom. The number of hydrogen-bond donors (Lipinski definition) is 2. The van der Waals surface area contributed by atoms with Crippen LogP contribution < -0.4 is 10.0 Å². The molecule has 27 heavy (non-hydrogen) atoms. The number of amides is 1. The number of hydrogen-bond acceptors (Lipinski definition) is 3. The minimum Gasteiger partial charge on any atom is -0.356 e. The molecule has 1 unspecified atom stereocenters. The Balaban J connectivity index is 1.70.